The molecular weight excluding hydrogens is 252 g/mol. The Kier molecular flexibility index (Phi) is 3.73. The Morgan fingerprint density at radius 2 is 1.87 bits per heavy atom. The van der Waals surface area contributed by atoms with Crippen LogP contribution in [0.2, 0.25) is 0 Å². The van der Waals surface area contributed by atoms with Gasteiger partial charge in [0, 0.05) is 5.56 Å². The minimum absolute atomic E-state index is 0.204. The molecule has 0 bridgehead atoms. The van der Waals surface area contributed by atoms with Gasteiger partial charge in [0.25, 0.3) is 0 Å². The van der Waals surface area contributed by atoms with Gasteiger partial charge in [0.05, 0.1) is 12.7 Å². The molecule has 0 N–H and O–H groups in total. The molecule has 0 radical (unpaired) electrons. The van der Waals surface area contributed by atoms with Crippen LogP contribution in [0, 0.1) is 0 Å². The predicted octanol–water partition coefficient (Wildman–Crippen LogP) is 4.19. The van der Waals surface area contributed by atoms with Crippen molar-refractivity contribution in [3.8, 4) is 5.75 Å². The zero-order valence-corrected chi connectivity index (χ0v) is 9.12. The van der Waals surface area contributed by atoms with E-state index in [1.807, 2.05) is 0 Å². The number of hydrogen-bond donors (Lipinski definition) is 0. The number of benzene rings is 1. The number of rotatable bonds is 2. The molecule has 1 rings (SSSR count). The second-order valence-corrected chi connectivity index (χ2v) is 3.85. The molecule has 0 aliphatic heterocycles. The fraction of sp³-hybridized carbons (Fsp3) is 0.333. The van der Waals surface area contributed by atoms with Gasteiger partial charge in [-0.05, 0) is 18.2 Å². The molecule has 0 aromatic heterocycles. The highest BCUT2D eigenvalue weighted by molar-refractivity contribution is 6.44. The van der Waals surface area contributed by atoms with E-state index in [0.717, 1.165) is 6.07 Å². The summed E-state index contributed by atoms with van der Waals surface area (Å²) in [6.45, 7) is 0. The second-order valence-electron chi connectivity index (χ2n) is 2.75. The number of halogens is 5. The molecule has 1 aromatic rings. The summed E-state index contributed by atoms with van der Waals surface area (Å²) in [4.78, 5) is -1.24. The Morgan fingerprint density at radius 3 is 2.27 bits per heavy atom. The summed E-state index contributed by atoms with van der Waals surface area (Å²) in [6.07, 6.45) is -4.47. The lowest BCUT2D eigenvalue weighted by molar-refractivity contribution is -0.138. The lowest BCUT2D eigenvalue weighted by atomic mass is 10.1. The molecule has 1 nitrogen and oxygen atoms in total. The molecule has 0 saturated carbocycles. The van der Waals surface area contributed by atoms with E-state index in [9.17, 15) is 13.2 Å². The molecule has 6 heteroatoms. The Bertz CT molecular complexity index is 350. The minimum Gasteiger partial charge on any atom is -0.497 e. The van der Waals surface area contributed by atoms with Gasteiger partial charge in [-0.2, -0.15) is 13.2 Å². The van der Waals surface area contributed by atoms with Crippen molar-refractivity contribution in [1.82, 2.24) is 0 Å². The average molecular weight is 259 g/mol. The maximum absolute atomic E-state index is 12.5. The van der Waals surface area contributed by atoms with Gasteiger partial charge < -0.3 is 4.74 Å². The fourth-order valence-corrected chi connectivity index (χ4v) is 1.47. The largest absolute Gasteiger partial charge is 0.497 e. The molecule has 1 aromatic carbocycles. The summed E-state index contributed by atoms with van der Waals surface area (Å²) in [5.41, 5.74) is -1.05. The van der Waals surface area contributed by atoms with Crippen molar-refractivity contribution in [2.75, 3.05) is 7.11 Å². The van der Waals surface area contributed by atoms with E-state index in [1.54, 1.807) is 0 Å². The van der Waals surface area contributed by atoms with Crippen LogP contribution in [0.25, 0.3) is 0 Å². The number of methoxy groups -OCH3 is 1. The van der Waals surface area contributed by atoms with Gasteiger partial charge >= 0.3 is 6.18 Å². The van der Waals surface area contributed by atoms with Gasteiger partial charge in [0.2, 0.25) is 0 Å². The van der Waals surface area contributed by atoms with Crippen LogP contribution in [0.5, 0.6) is 5.75 Å². The van der Waals surface area contributed by atoms with Crippen molar-refractivity contribution in [3.63, 3.8) is 0 Å². The van der Waals surface area contributed by atoms with Crippen molar-refractivity contribution in [3.05, 3.63) is 29.3 Å². The molecule has 0 aliphatic rings. The van der Waals surface area contributed by atoms with Crippen LogP contribution in [0.1, 0.15) is 16.0 Å². The molecular formula is C9H7Cl2F3O. The van der Waals surface area contributed by atoms with Gasteiger partial charge in [0.15, 0.2) is 0 Å². The van der Waals surface area contributed by atoms with Gasteiger partial charge in [-0.1, -0.05) is 0 Å². The van der Waals surface area contributed by atoms with Crippen LogP contribution in [-0.2, 0) is 6.18 Å². The van der Waals surface area contributed by atoms with E-state index >= 15 is 0 Å². The quantitative estimate of drug-likeness (QED) is 0.723. The van der Waals surface area contributed by atoms with E-state index in [1.165, 1.54) is 19.2 Å². The summed E-state index contributed by atoms with van der Waals surface area (Å²) in [7, 11) is 1.35. The Morgan fingerprint density at radius 1 is 1.27 bits per heavy atom. The van der Waals surface area contributed by atoms with Crippen molar-refractivity contribution in [2.45, 2.75) is 11.0 Å². The van der Waals surface area contributed by atoms with Crippen LogP contribution in [0.4, 0.5) is 13.2 Å². The SMILES string of the molecule is COc1ccc(C(F)(F)F)c(C(Cl)Cl)c1. The van der Waals surface area contributed by atoms with E-state index in [4.69, 9.17) is 27.9 Å². The summed E-state index contributed by atoms with van der Waals surface area (Å²) in [6, 6.07) is 3.28. The highest BCUT2D eigenvalue weighted by atomic mass is 35.5. The zero-order valence-electron chi connectivity index (χ0n) is 7.61. The van der Waals surface area contributed by atoms with Crippen LogP contribution in [0.3, 0.4) is 0 Å². The summed E-state index contributed by atoms with van der Waals surface area (Å²) in [5.74, 6) is 0.282. The molecule has 0 aliphatic carbocycles. The Balaban J connectivity index is 3.28. The standard InChI is InChI=1S/C9H7Cl2F3O/c1-15-5-2-3-7(9(12,13)14)6(4-5)8(10)11/h2-4,8H,1H3. The third kappa shape index (κ3) is 2.92. The van der Waals surface area contributed by atoms with Crippen molar-refractivity contribution >= 4 is 23.2 Å². The molecule has 84 valence electrons. The third-order valence-corrected chi connectivity index (χ3v) is 2.27. The highest BCUT2D eigenvalue weighted by Gasteiger charge is 2.34. The predicted molar refractivity (Wildman–Crippen MR) is 52.4 cm³/mol. The molecule has 0 saturated heterocycles. The number of alkyl halides is 5. The monoisotopic (exact) mass is 258 g/mol. The molecule has 0 fully saturated rings. The first-order valence-corrected chi connectivity index (χ1v) is 4.77. The van der Waals surface area contributed by atoms with Crippen LogP contribution in [-0.4, -0.2) is 7.11 Å². The average Bonchev–Trinajstić information content (AvgIpc) is 2.15. The Labute approximate surface area is 94.7 Å². The minimum atomic E-state index is -4.47. The van der Waals surface area contributed by atoms with Crippen LogP contribution in [0.15, 0.2) is 18.2 Å². The van der Waals surface area contributed by atoms with E-state index in [2.05, 4.69) is 0 Å². The molecule has 0 heterocycles. The second kappa shape index (κ2) is 4.49. The number of ether oxygens (including phenoxy) is 1. The molecule has 0 spiro atoms. The molecule has 0 amide bonds. The maximum atomic E-state index is 12.5. The van der Waals surface area contributed by atoms with E-state index < -0.39 is 16.6 Å². The van der Waals surface area contributed by atoms with Gasteiger partial charge in [-0.25, -0.2) is 0 Å². The molecule has 0 atom stereocenters. The lowest BCUT2D eigenvalue weighted by Gasteiger charge is -2.14. The van der Waals surface area contributed by atoms with Crippen LogP contribution >= 0.6 is 23.2 Å². The first-order chi connectivity index (χ1) is 6.86. The third-order valence-electron chi connectivity index (χ3n) is 1.80. The first-order valence-electron chi connectivity index (χ1n) is 3.89. The van der Waals surface area contributed by atoms with Crippen molar-refractivity contribution in [2.24, 2.45) is 0 Å². The van der Waals surface area contributed by atoms with Crippen molar-refractivity contribution < 1.29 is 17.9 Å². The summed E-state index contributed by atoms with van der Waals surface area (Å²) in [5, 5.41) is 0. The summed E-state index contributed by atoms with van der Waals surface area (Å²) < 4.78 is 42.2. The molecule has 15 heavy (non-hydrogen) atoms. The normalized spacial score (nSPS) is 11.9. The van der Waals surface area contributed by atoms with Gasteiger partial charge in [-0.15, -0.1) is 23.2 Å². The summed E-state index contributed by atoms with van der Waals surface area (Å²) >= 11 is 10.9. The van der Waals surface area contributed by atoms with Gasteiger partial charge in [-0.3, -0.25) is 0 Å². The zero-order chi connectivity index (χ0) is 11.6. The first kappa shape index (κ1) is 12.5. The molecule has 0 unspecified atom stereocenters. The van der Waals surface area contributed by atoms with Gasteiger partial charge in [0.1, 0.15) is 10.6 Å². The lowest BCUT2D eigenvalue weighted by Crippen LogP contribution is -2.09. The van der Waals surface area contributed by atoms with E-state index in [-0.39, 0.29) is 11.3 Å². The topological polar surface area (TPSA) is 9.23 Å². The fourth-order valence-electron chi connectivity index (χ4n) is 1.11. The van der Waals surface area contributed by atoms with Crippen LogP contribution < -0.4 is 4.74 Å². The highest BCUT2D eigenvalue weighted by Crippen LogP contribution is 2.39. The van der Waals surface area contributed by atoms with E-state index in [0.29, 0.717) is 0 Å². The number of hydrogen-bond acceptors (Lipinski definition) is 1. The maximum Gasteiger partial charge on any atom is 0.416 e. The Hall–Kier alpha value is -0.610. The van der Waals surface area contributed by atoms with Crippen molar-refractivity contribution in [1.29, 1.82) is 0 Å². The smallest absolute Gasteiger partial charge is 0.416 e.